The first-order chi connectivity index (χ1) is 9.28. The number of aromatic nitrogens is 2. The number of imidazole rings is 1. The average molecular weight is 259 g/mol. The smallest absolute Gasteiger partial charge is 0.123 e. The van der Waals surface area contributed by atoms with E-state index < -0.39 is 0 Å². The molecule has 0 bridgehead atoms. The maximum absolute atomic E-state index is 5.75. The molecule has 19 heavy (non-hydrogen) atoms. The predicted octanol–water partition coefficient (Wildman–Crippen LogP) is 2.35. The van der Waals surface area contributed by atoms with E-state index in [9.17, 15) is 0 Å². The van der Waals surface area contributed by atoms with Gasteiger partial charge in [0.15, 0.2) is 0 Å². The van der Waals surface area contributed by atoms with Crippen molar-refractivity contribution in [3.05, 3.63) is 47.5 Å². The molecule has 4 nitrogen and oxygen atoms in total. The Kier molecular flexibility index (Phi) is 4.58. The Morgan fingerprint density at radius 1 is 1.37 bits per heavy atom. The molecule has 1 heterocycles. The van der Waals surface area contributed by atoms with E-state index >= 15 is 0 Å². The zero-order valence-corrected chi connectivity index (χ0v) is 11.6. The monoisotopic (exact) mass is 259 g/mol. The first-order valence-corrected chi connectivity index (χ1v) is 6.64. The summed E-state index contributed by atoms with van der Waals surface area (Å²) in [6.07, 6.45) is 5.83. The van der Waals surface area contributed by atoms with Gasteiger partial charge >= 0.3 is 0 Å². The molecular formula is C15H21N3O. The summed E-state index contributed by atoms with van der Waals surface area (Å²) in [4.78, 5) is 4.43. The van der Waals surface area contributed by atoms with Gasteiger partial charge in [-0.3, -0.25) is 0 Å². The van der Waals surface area contributed by atoms with E-state index in [4.69, 9.17) is 10.5 Å². The van der Waals surface area contributed by atoms with Crippen molar-refractivity contribution in [3.63, 3.8) is 0 Å². The summed E-state index contributed by atoms with van der Waals surface area (Å²) in [6.45, 7) is 3.67. The molecule has 0 aliphatic rings. The van der Waals surface area contributed by atoms with E-state index in [0.717, 1.165) is 36.5 Å². The molecule has 0 aliphatic heterocycles. The Morgan fingerprint density at radius 2 is 2.21 bits per heavy atom. The average Bonchev–Trinajstić information content (AvgIpc) is 2.86. The topological polar surface area (TPSA) is 53.1 Å². The van der Waals surface area contributed by atoms with Gasteiger partial charge in [-0.2, -0.15) is 0 Å². The van der Waals surface area contributed by atoms with Crippen molar-refractivity contribution in [1.82, 2.24) is 9.55 Å². The van der Waals surface area contributed by atoms with E-state index in [2.05, 4.69) is 28.6 Å². The van der Waals surface area contributed by atoms with Crippen molar-refractivity contribution in [3.8, 4) is 5.75 Å². The third-order valence-electron chi connectivity index (χ3n) is 3.19. The zero-order valence-electron chi connectivity index (χ0n) is 11.6. The molecule has 0 saturated heterocycles. The Labute approximate surface area is 114 Å². The molecule has 4 heteroatoms. The molecule has 0 amide bonds. The minimum Gasteiger partial charge on any atom is -0.496 e. The van der Waals surface area contributed by atoms with Gasteiger partial charge in [0.05, 0.1) is 7.11 Å². The second-order valence-electron chi connectivity index (χ2n) is 4.56. The first-order valence-electron chi connectivity index (χ1n) is 6.64. The number of rotatable bonds is 6. The highest BCUT2D eigenvalue weighted by atomic mass is 16.5. The largest absolute Gasteiger partial charge is 0.496 e. The van der Waals surface area contributed by atoms with Crippen molar-refractivity contribution in [2.24, 2.45) is 5.73 Å². The van der Waals surface area contributed by atoms with E-state index in [1.54, 1.807) is 7.11 Å². The molecule has 1 aromatic carbocycles. The summed E-state index contributed by atoms with van der Waals surface area (Å²) < 4.78 is 7.49. The molecule has 0 atom stereocenters. The highest BCUT2D eigenvalue weighted by Gasteiger charge is 2.07. The maximum atomic E-state index is 5.75. The highest BCUT2D eigenvalue weighted by Crippen LogP contribution is 2.20. The Balaban J connectivity index is 2.21. The first kappa shape index (κ1) is 13.6. The minimum atomic E-state index is 0.487. The minimum absolute atomic E-state index is 0.487. The van der Waals surface area contributed by atoms with Crippen LogP contribution < -0.4 is 10.5 Å². The van der Waals surface area contributed by atoms with Crippen molar-refractivity contribution in [1.29, 1.82) is 0 Å². The Hall–Kier alpha value is -1.81. The van der Waals surface area contributed by atoms with Gasteiger partial charge in [0, 0.05) is 37.5 Å². The van der Waals surface area contributed by atoms with E-state index in [1.807, 2.05) is 18.5 Å². The van der Waals surface area contributed by atoms with Crippen LogP contribution in [0.2, 0.25) is 0 Å². The molecule has 2 rings (SSSR count). The van der Waals surface area contributed by atoms with Gasteiger partial charge in [-0.05, 0) is 18.1 Å². The molecule has 0 spiro atoms. The van der Waals surface area contributed by atoms with E-state index in [-0.39, 0.29) is 0 Å². The van der Waals surface area contributed by atoms with Crippen molar-refractivity contribution in [2.75, 3.05) is 7.11 Å². The van der Waals surface area contributed by atoms with Crippen molar-refractivity contribution in [2.45, 2.75) is 32.9 Å². The summed E-state index contributed by atoms with van der Waals surface area (Å²) in [6, 6.07) is 6.15. The fourth-order valence-corrected chi connectivity index (χ4v) is 2.24. The number of benzene rings is 1. The Bertz CT molecular complexity index is 534. The maximum Gasteiger partial charge on any atom is 0.123 e. The van der Waals surface area contributed by atoms with Crippen molar-refractivity contribution >= 4 is 0 Å². The highest BCUT2D eigenvalue weighted by molar-refractivity contribution is 5.38. The summed E-state index contributed by atoms with van der Waals surface area (Å²) in [5.41, 5.74) is 7.99. The summed E-state index contributed by atoms with van der Waals surface area (Å²) in [5, 5.41) is 0. The van der Waals surface area contributed by atoms with Gasteiger partial charge in [0.2, 0.25) is 0 Å². The summed E-state index contributed by atoms with van der Waals surface area (Å²) >= 11 is 0. The number of hydrogen-bond acceptors (Lipinski definition) is 3. The van der Waals surface area contributed by atoms with Gasteiger partial charge in [-0.1, -0.05) is 19.1 Å². The normalized spacial score (nSPS) is 10.7. The standard InChI is InChI=1S/C15H21N3O/c1-3-7-18-8-6-17-15(18)10-12-4-5-14(19-2)13(9-12)11-16/h4-6,8-9H,3,7,10-11,16H2,1-2H3. The number of nitrogens with two attached hydrogens (primary N) is 1. The van der Waals surface area contributed by atoms with Crippen LogP contribution in [-0.2, 0) is 19.5 Å². The molecule has 0 saturated carbocycles. The SMILES string of the molecule is CCCn1ccnc1Cc1ccc(OC)c(CN)c1. The molecule has 0 unspecified atom stereocenters. The Morgan fingerprint density at radius 3 is 2.89 bits per heavy atom. The van der Waals surface area contributed by atoms with Gasteiger partial charge < -0.3 is 15.0 Å². The molecule has 2 N–H and O–H groups in total. The van der Waals surface area contributed by atoms with Crippen molar-refractivity contribution < 1.29 is 4.74 Å². The predicted molar refractivity (Wildman–Crippen MR) is 76.2 cm³/mol. The van der Waals surface area contributed by atoms with Crippen LogP contribution in [0.25, 0.3) is 0 Å². The third-order valence-corrected chi connectivity index (χ3v) is 3.19. The lowest BCUT2D eigenvalue weighted by molar-refractivity contribution is 0.409. The second-order valence-corrected chi connectivity index (χ2v) is 4.56. The van der Waals surface area contributed by atoms with Gasteiger partial charge in [-0.25, -0.2) is 4.98 Å². The van der Waals surface area contributed by atoms with Gasteiger partial charge in [0.25, 0.3) is 0 Å². The molecule has 0 aliphatic carbocycles. The third kappa shape index (κ3) is 3.15. The number of hydrogen-bond donors (Lipinski definition) is 1. The molecular weight excluding hydrogens is 238 g/mol. The summed E-state index contributed by atoms with van der Waals surface area (Å²) in [5.74, 6) is 1.94. The van der Waals surface area contributed by atoms with Gasteiger partial charge in [-0.15, -0.1) is 0 Å². The quantitative estimate of drug-likeness (QED) is 0.866. The van der Waals surface area contributed by atoms with Crippen LogP contribution in [0.15, 0.2) is 30.6 Å². The van der Waals surface area contributed by atoms with Crippen LogP contribution in [-0.4, -0.2) is 16.7 Å². The fraction of sp³-hybridized carbons (Fsp3) is 0.400. The fourth-order valence-electron chi connectivity index (χ4n) is 2.24. The number of methoxy groups -OCH3 is 1. The van der Waals surface area contributed by atoms with E-state index in [1.165, 1.54) is 5.56 Å². The number of aryl methyl sites for hydroxylation is 1. The van der Waals surface area contributed by atoms with Gasteiger partial charge in [0.1, 0.15) is 11.6 Å². The molecule has 0 radical (unpaired) electrons. The van der Waals surface area contributed by atoms with Crippen LogP contribution in [0.3, 0.4) is 0 Å². The molecule has 0 fully saturated rings. The zero-order chi connectivity index (χ0) is 13.7. The molecule has 2 aromatic rings. The lowest BCUT2D eigenvalue weighted by Crippen LogP contribution is -2.05. The van der Waals surface area contributed by atoms with Crippen LogP contribution in [0, 0.1) is 0 Å². The van der Waals surface area contributed by atoms with Crippen LogP contribution in [0.4, 0.5) is 0 Å². The number of nitrogens with zero attached hydrogens (tertiary/aromatic N) is 2. The second kappa shape index (κ2) is 6.38. The van der Waals surface area contributed by atoms with E-state index in [0.29, 0.717) is 6.54 Å². The lowest BCUT2D eigenvalue weighted by atomic mass is 10.1. The van der Waals surface area contributed by atoms with Crippen LogP contribution in [0.5, 0.6) is 5.75 Å². The summed E-state index contributed by atoms with van der Waals surface area (Å²) in [7, 11) is 1.67. The lowest BCUT2D eigenvalue weighted by Gasteiger charge is -2.10. The number of ether oxygens (including phenoxy) is 1. The van der Waals surface area contributed by atoms with Crippen LogP contribution >= 0.6 is 0 Å². The molecule has 102 valence electrons. The van der Waals surface area contributed by atoms with Crippen LogP contribution in [0.1, 0.15) is 30.3 Å². The molecule has 1 aromatic heterocycles.